The molecule has 0 fully saturated rings. The normalized spacial score (nSPS) is 12.8. The van der Waals surface area contributed by atoms with Gasteiger partial charge in [-0.2, -0.15) is 0 Å². The van der Waals surface area contributed by atoms with Gasteiger partial charge < -0.3 is 0 Å². The van der Waals surface area contributed by atoms with Crippen LogP contribution in [-0.4, -0.2) is 30.9 Å². The number of hydroxylamine groups is 2. The fourth-order valence-corrected chi connectivity index (χ4v) is 4.30. The summed E-state index contributed by atoms with van der Waals surface area (Å²) >= 11 is 0. The third-order valence-electron chi connectivity index (χ3n) is 6.16. The molecular formula is C29H43NO3. The summed E-state index contributed by atoms with van der Waals surface area (Å²) in [6, 6.07) is 12.6. The lowest BCUT2D eigenvalue weighted by Gasteiger charge is -2.26. The van der Waals surface area contributed by atoms with Crippen molar-refractivity contribution in [2.45, 2.75) is 74.1 Å². The fourth-order valence-electron chi connectivity index (χ4n) is 4.30. The smallest absolute Gasteiger partial charge is 0.253 e. The number of ketones is 1. The molecule has 2 aromatic carbocycles. The molecule has 1 amide bonds. The van der Waals surface area contributed by atoms with Crippen LogP contribution in [0.1, 0.15) is 79.8 Å². The van der Waals surface area contributed by atoms with Crippen molar-refractivity contribution in [3.8, 4) is 0 Å². The van der Waals surface area contributed by atoms with Crippen molar-refractivity contribution in [2.24, 2.45) is 11.8 Å². The van der Waals surface area contributed by atoms with Gasteiger partial charge in [0.25, 0.3) is 5.91 Å². The molecule has 0 saturated heterocycles. The third-order valence-corrected chi connectivity index (χ3v) is 6.16. The summed E-state index contributed by atoms with van der Waals surface area (Å²) in [5, 5.41) is 1.31. The molecule has 0 N–H and O–H groups in total. The lowest BCUT2D eigenvalue weighted by Crippen LogP contribution is -2.33. The second-order valence-corrected chi connectivity index (χ2v) is 9.79. The van der Waals surface area contributed by atoms with E-state index in [9.17, 15) is 9.59 Å². The zero-order chi connectivity index (χ0) is 25.5. The standard InChI is InChI=1S/C15H23NO2.C14H20O/c1-10(2)14(15(17)16(5)18-6)13-9-11(3)7-8-12(13)4;1-9(2)14(12(5)15)13-8-10(3)6-7-11(13)4/h7-10,14H,1-6H3;6-9,14H,1-5H3. The maximum absolute atomic E-state index is 12.4. The zero-order valence-electron chi connectivity index (χ0n) is 22.4. The molecule has 2 rings (SSSR count). The van der Waals surface area contributed by atoms with Crippen LogP contribution in [0.3, 0.4) is 0 Å². The van der Waals surface area contributed by atoms with Crippen molar-refractivity contribution in [1.82, 2.24) is 5.06 Å². The van der Waals surface area contributed by atoms with E-state index in [-0.39, 0.29) is 29.4 Å². The number of rotatable bonds is 7. The van der Waals surface area contributed by atoms with Crippen LogP contribution in [0.25, 0.3) is 0 Å². The highest BCUT2D eigenvalue weighted by Gasteiger charge is 2.28. The minimum absolute atomic E-state index is 0.00111. The van der Waals surface area contributed by atoms with E-state index in [1.54, 1.807) is 14.0 Å². The number of nitrogens with zero attached hydrogens (tertiary/aromatic N) is 1. The molecule has 33 heavy (non-hydrogen) atoms. The first kappa shape index (κ1) is 28.6. The van der Waals surface area contributed by atoms with Gasteiger partial charge in [-0.1, -0.05) is 75.2 Å². The van der Waals surface area contributed by atoms with Crippen LogP contribution < -0.4 is 0 Å². The minimum atomic E-state index is -0.158. The van der Waals surface area contributed by atoms with E-state index in [4.69, 9.17) is 4.84 Å². The molecule has 4 heteroatoms. The third kappa shape index (κ3) is 7.82. The molecule has 0 aliphatic rings. The van der Waals surface area contributed by atoms with Crippen LogP contribution in [0.5, 0.6) is 0 Å². The van der Waals surface area contributed by atoms with Gasteiger partial charge in [0.2, 0.25) is 0 Å². The van der Waals surface area contributed by atoms with Crippen LogP contribution >= 0.6 is 0 Å². The van der Waals surface area contributed by atoms with Crippen molar-refractivity contribution in [1.29, 1.82) is 0 Å². The van der Waals surface area contributed by atoms with Gasteiger partial charge in [-0.3, -0.25) is 14.4 Å². The number of hydrogen-bond donors (Lipinski definition) is 0. The van der Waals surface area contributed by atoms with Crippen molar-refractivity contribution in [3.05, 3.63) is 69.8 Å². The van der Waals surface area contributed by atoms with Crippen LogP contribution in [0, 0.1) is 39.5 Å². The molecule has 0 spiro atoms. The number of Topliss-reactive ketones (excluding diaryl/α,β-unsaturated/α-hetero) is 1. The summed E-state index contributed by atoms with van der Waals surface area (Å²) in [5.41, 5.74) is 7.06. The fraction of sp³-hybridized carbons (Fsp3) is 0.517. The van der Waals surface area contributed by atoms with E-state index < -0.39 is 0 Å². The van der Waals surface area contributed by atoms with Gasteiger partial charge in [-0.15, -0.1) is 0 Å². The van der Waals surface area contributed by atoms with Crippen LogP contribution in [-0.2, 0) is 14.4 Å². The number of hydrogen-bond acceptors (Lipinski definition) is 3. The summed E-state index contributed by atoms with van der Waals surface area (Å²) < 4.78 is 0. The highest BCUT2D eigenvalue weighted by Crippen LogP contribution is 2.30. The molecule has 2 unspecified atom stereocenters. The summed E-state index contributed by atoms with van der Waals surface area (Å²) in [7, 11) is 3.17. The molecule has 2 atom stereocenters. The Kier molecular flexibility index (Phi) is 11.0. The van der Waals surface area contributed by atoms with E-state index in [2.05, 4.69) is 77.9 Å². The Morgan fingerprint density at radius 1 is 0.758 bits per heavy atom. The van der Waals surface area contributed by atoms with E-state index >= 15 is 0 Å². The van der Waals surface area contributed by atoms with Gasteiger partial charge in [-0.25, -0.2) is 5.06 Å². The molecule has 0 heterocycles. The van der Waals surface area contributed by atoms with E-state index in [1.807, 2.05) is 13.8 Å². The molecule has 0 bridgehead atoms. The van der Waals surface area contributed by atoms with Crippen molar-refractivity contribution < 1.29 is 14.4 Å². The molecule has 0 aromatic heterocycles. The Balaban J connectivity index is 0.000000335. The SMILES string of the molecule is CC(=O)C(c1cc(C)ccc1C)C(C)C.CON(C)C(=O)C(c1cc(C)ccc1C)C(C)C. The average molecular weight is 454 g/mol. The van der Waals surface area contributed by atoms with Crippen LogP contribution in [0.15, 0.2) is 36.4 Å². The van der Waals surface area contributed by atoms with E-state index in [0.29, 0.717) is 5.92 Å². The van der Waals surface area contributed by atoms with Gasteiger partial charge in [0.15, 0.2) is 0 Å². The number of carbonyl (C=O) groups excluding carboxylic acids is 2. The second kappa shape index (κ2) is 12.7. The van der Waals surface area contributed by atoms with Crippen LogP contribution in [0.4, 0.5) is 0 Å². The largest absolute Gasteiger partial charge is 0.299 e. The van der Waals surface area contributed by atoms with Crippen LogP contribution in [0.2, 0.25) is 0 Å². The average Bonchev–Trinajstić information content (AvgIpc) is 2.72. The lowest BCUT2D eigenvalue weighted by atomic mass is 9.83. The van der Waals surface area contributed by atoms with E-state index in [1.165, 1.54) is 34.4 Å². The first-order chi connectivity index (χ1) is 15.3. The Labute approximate surface area is 201 Å². The highest BCUT2D eigenvalue weighted by molar-refractivity contribution is 5.84. The number of amides is 1. The number of carbonyl (C=O) groups is 2. The Hall–Kier alpha value is -2.46. The molecule has 2 aromatic rings. The topological polar surface area (TPSA) is 46.6 Å². The quantitative estimate of drug-likeness (QED) is 0.439. The minimum Gasteiger partial charge on any atom is -0.299 e. The summed E-state index contributed by atoms with van der Waals surface area (Å²) in [6.07, 6.45) is 0. The molecule has 0 saturated carbocycles. The highest BCUT2D eigenvalue weighted by atomic mass is 16.7. The summed E-state index contributed by atoms with van der Waals surface area (Å²) in [4.78, 5) is 29.0. The number of likely N-dealkylation sites (N-methyl/N-ethyl adjacent to an activating group) is 1. The monoisotopic (exact) mass is 453 g/mol. The first-order valence-corrected chi connectivity index (χ1v) is 11.8. The van der Waals surface area contributed by atoms with Gasteiger partial charge >= 0.3 is 0 Å². The maximum Gasteiger partial charge on any atom is 0.253 e. The van der Waals surface area contributed by atoms with Gasteiger partial charge in [0.05, 0.1) is 13.0 Å². The molecule has 0 aliphatic heterocycles. The van der Waals surface area contributed by atoms with Gasteiger partial charge in [0.1, 0.15) is 5.78 Å². The summed E-state index contributed by atoms with van der Waals surface area (Å²) in [6.45, 7) is 18.3. The predicted molar refractivity (Wildman–Crippen MR) is 137 cm³/mol. The molecule has 0 aliphatic carbocycles. The van der Waals surface area contributed by atoms with E-state index in [0.717, 1.165) is 11.1 Å². The first-order valence-electron chi connectivity index (χ1n) is 11.8. The Bertz CT molecular complexity index is 946. The Morgan fingerprint density at radius 2 is 1.15 bits per heavy atom. The van der Waals surface area contributed by atoms with Crippen molar-refractivity contribution in [3.63, 3.8) is 0 Å². The summed E-state index contributed by atoms with van der Waals surface area (Å²) in [5.74, 6) is 0.748. The number of benzene rings is 2. The van der Waals surface area contributed by atoms with Crippen molar-refractivity contribution >= 4 is 11.7 Å². The van der Waals surface area contributed by atoms with Crippen molar-refractivity contribution in [2.75, 3.05) is 14.2 Å². The molecule has 0 radical (unpaired) electrons. The van der Waals surface area contributed by atoms with Gasteiger partial charge in [0, 0.05) is 13.0 Å². The predicted octanol–water partition coefficient (Wildman–Crippen LogP) is 6.69. The number of aryl methyl sites for hydroxylation is 4. The van der Waals surface area contributed by atoms with Gasteiger partial charge in [-0.05, 0) is 68.7 Å². The maximum atomic E-state index is 12.4. The lowest BCUT2D eigenvalue weighted by molar-refractivity contribution is -0.171. The second-order valence-electron chi connectivity index (χ2n) is 9.79. The molecule has 182 valence electrons. The zero-order valence-corrected chi connectivity index (χ0v) is 22.4. The molecular weight excluding hydrogens is 410 g/mol. The Morgan fingerprint density at radius 3 is 1.48 bits per heavy atom. The molecule has 4 nitrogen and oxygen atoms in total.